The zero-order chi connectivity index (χ0) is 11.4. The van der Waals surface area contributed by atoms with Gasteiger partial charge >= 0.3 is 0 Å². The van der Waals surface area contributed by atoms with Crippen molar-refractivity contribution in [3.05, 3.63) is 54.0 Å². The molecule has 0 atom stereocenters. The van der Waals surface area contributed by atoms with Crippen molar-refractivity contribution in [2.24, 2.45) is 0 Å². The summed E-state index contributed by atoms with van der Waals surface area (Å²) in [6.45, 7) is 0.789. The molecule has 3 heteroatoms. The van der Waals surface area contributed by atoms with Gasteiger partial charge < -0.3 is 9.32 Å². The number of hydrogen-bond acceptors (Lipinski definition) is 3. The van der Waals surface area contributed by atoms with Crippen molar-refractivity contribution in [2.45, 2.75) is 6.54 Å². The molecule has 0 fully saturated rings. The van der Waals surface area contributed by atoms with Crippen molar-refractivity contribution >= 4 is 12.0 Å². The number of anilines is 1. The van der Waals surface area contributed by atoms with E-state index in [2.05, 4.69) is 4.90 Å². The van der Waals surface area contributed by atoms with Crippen LogP contribution in [0.3, 0.4) is 0 Å². The van der Waals surface area contributed by atoms with Crippen LogP contribution >= 0.6 is 0 Å². The van der Waals surface area contributed by atoms with Gasteiger partial charge in [0.2, 0.25) is 0 Å². The Bertz CT molecular complexity index is 445. The first kappa shape index (κ1) is 10.5. The number of aldehydes is 1. The third-order valence-corrected chi connectivity index (χ3v) is 2.47. The topological polar surface area (TPSA) is 33.5 Å². The maximum absolute atomic E-state index is 10.5. The van der Waals surface area contributed by atoms with E-state index in [0.717, 1.165) is 24.1 Å². The van der Waals surface area contributed by atoms with Gasteiger partial charge in [0.1, 0.15) is 6.29 Å². The van der Waals surface area contributed by atoms with E-state index in [0.29, 0.717) is 5.56 Å². The van der Waals surface area contributed by atoms with E-state index in [9.17, 15) is 4.79 Å². The lowest BCUT2D eigenvalue weighted by Crippen LogP contribution is -2.15. The maximum atomic E-state index is 10.5. The minimum atomic E-state index is 0.695. The Kier molecular flexibility index (Phi) is 3.05. The summed E-state index contributed by atoms with van der Waals surface area (Å²) in [6.07, 6.45) is 4.24. The van der Waals surface area contributed by atoms with Gasteiger partial charge in [0.05, 0.1) is 12.5 Å². The van der Waals surface area contributed by atoms with E-state index in [1.165, 1.54) is 0 Å². The van der Waals surface area contributed by atoms with Gasteiger partial charge in [-0.1, -0.05) is 0 Å². The van der Waals surface area contributed by atoms with Crippen molar-refractivity contribution in [1.82, 2.24) is 0 Å². The van der Waals surface area contributed by atoms with Crippen molar-refractivity contribution in [1.29, 1.82) is 0 Å². The summed E-state index contributed by atoms with van der Waals surface area (Å²) < 4.78 is 5.01. The Morgan fingerprint density at radius 2 is 2.00 bits per heavy atom. The van der Waals surface area contributed by atoms with Gasteiger partial charge in [-0.3, -0.25) is 4.79 Å². The largest absolute Gasteiger partial charge is 0.472 e. The van der Waals surface area contributed by atoms with Crippen LogP contribution < -0.4 is 4.90 Å². The molecular formula is C13H13NO2. The van der Waals surface area contributed by atoms with Crippen LogP contribution in [0.5, 0.6) is 0 Å². The Hall–Kier alpha value is -2.03. The quantitative estimate of drug-likeness (QED) is 0.735. The fraction of sp³-hybridized carbons (Fsp3) is 0.154. The molecule has 0 aliphatic carbocycles. The molecule has 0 radical (unpaired) electrons. The van der Waals surface area contributed by atoms with E-state index in [1.54, 1.807) is 12.5 Å². The Labute approximate surface area is 94.3 Å². The van der Waals surface area contributed by atoms with Crippen LogP contribution in [0.25, 0.3) is 0 Å². The fourth-order valence-electron chi connectivity index (χ4n) is 1.56. The fourth-order valence-corrected chi connectivity index (χ4v) is 1.56. The third-order valence-electron chi connectivity index (χ3n) is 2.47. The third kappa shape index (κ3) is 2.31. The number of nitrogens with zero attached hydrogens (tertiary/aromatic N) is 1. The molecule has 1 heterocycles. The smallest absolute Gasteiger partial charge is 0.150 e. The lowest BCUT2D eigenvalue weighted by atomic mass is 10.2. The lowest BCUT2D eigenvalue weighted by Gasteiger charge is -2.18. The number of benzene rings is 1. The average molecular weight is 215 g/mol. The highest BCUT2D eigenvalue weighted by molar-refractivity contribution is 5.75. The summed E-state index contributed by atoms with van der Waals surface area (Å²) >= 11 is 0. The standard InChI is InChI=1S/C13H13NO2/c1-14(8-12-6-7-16-10-12)13-4-2-11(9-15)3-5-13/h2-7,9-10H,8H2,1H3. The lowest BCUT2D eigenvalue weighted by molar-refractivity contribution is 0.112. The van der Waals surface area contributed by atoms with Crippen LogP contribution in [0.15, 0.2) is 47.3 Å². The summed E-state index contributed by atoms with van der Waals surface area (Å²) in [5, 5.41) is 0. The molecule has 0 bridgehead atoms. The number of rotatable bonds is 4. The molecule has 0 spiro atoms. The second-order valence-corrected chi connectivity index (χ2v) is 3.70. The molecule has 0 aliphatic rings. The highest BCUT2D eigenvalue weighted by atomic mass is 16.3. The Balaban J connectivity index is 2.08. The van der Waals surface area contributed by atoms with E-state index in [1.807, 2.05) is 37.4 Å². The van der Waals surface area contributed by atoms with Crippen LogP contribution in [-0.2, 0) is 6.54 Å². The molecule has 1 aromatic heterocycles. The SMILES string of the molecule is CN(Cc1ccoc1)c1ccc(C=O)cc1. The van der Waals surface area contributed by atoms with Crippen molar-refractivity contribution < 1.29 is 9.21 Å². The predicted octanol–water partition coefficient (Wildman–Crippen LogP) is 2.73. The first-order valence-corrected chi connectivity index (χ1v) is 5.07. The minimum Gasteiger partial charge on any atom is -0.472 e. The van der Waals surface area contributed by atoms with Gasteiger partial charge in [-0.05, 0) is 30.3 Å². The summed E-state index contributed by atoms with van der Waals surface area (Å²) in [5.74, 6) is 0. The molecule has 0 amide bonds. The molecule has 2 rings (SSSR count). The zero-order valence-electron chi connectivity index (χ0n) is 9.09. The zero-order valence-corrected chi connectivity index (χ0v) is 9.09. The van der Waals surface area contributed by atoms with Crippen LogP contribution in [-0.4, -0.2) is 13.3 Å². The van der Waals surface area contributed by atoms with Gasteiger partial charge in [0.25, 0.3) is 0 Å². The normalized spacial score (nSPS) is 10.1. The average Bonchev–Trinajstić information content (AvgIpc) is 2.82. The minimum absolute atomic E-state index is 0.695. The Morgan fingerprint density at radius 1 is 1.25 bits per heavy atom. The van der Waals surface area contributed by atoms with Crippen LogP contribution in [0.4, 0.5) is 5.69 Å². The predicted molar refractivity (Wildman–Crippen MR) is 62.6 cm³/mol. The molecule has 0 N–H and O–H groups in total. The first-order chi connectivity index (χ1) is 7.79. The second-order valence-electron chi connectivity index (χ2n) is 3.70. The molecule has 2 aromatic rings. The van der Waals surface area contributed by atoms with Gasteiger partial charge in [-0.15, -0.1) is 0 Å². The van der Waals surface area contributed by atoms with Gasteiger partial charge in [-0.25, -0.2) is 0 Å². The van der Waals surface area contributed by atoms with Crippen molar-refractivity contribution in [3.8, 4) is 0 Å². The molecule has 3 nitrogen and oxygen atoms in total. The van der Waals surface area contributed by atoms with Gasteiger partial charge in [0.15, 0.2) is 0 Å². The molecule has 16 heavy (non-hydrogen) atoms. The molecule has 0 saturated carbocycles. The highest BCUT2D eigenvalue weighted by Gasteiger charge is 2.02. The first-order valence-electron chi connectivity index (χ1n) is 5.07. The molecule has 82 valence electrons. The van der Waals surface area contributed by atoms with Crippen LogP contribution in [0.2, 0.25) is 0 Å². The van der Waals surface area contributed by atoms with Crippen LogP contribution in [0, 0.1) is 0 Å². The summed E-state index contributed by atoms with van der Waals surface area (Å²) in [6, 6.07) is 9.44. The highest BCUT2D eigenvalue weighted by Crippen LogP contribution is 2.15. The number of furan rings is 1. The molecule has 0 saturated heterocycles. The Morgan fingerprint density at radius 3 is 2.56 bits per heavy atom. The number of carbonyl (C=O) groups is 1. The van der Waals surface area contributed by atoms with Crippen molar-refractivity contribution in [2.75, 3.05) is 11.9 Å². The van der Waals surface area contributed by atoms with Crippen molar-refractivity contribution in [3.63, 3.8) is 0 Å². The monoisotopic (exact) mass is 215 g/mol. The molecule has 1 aromatic carbocycles. The van der Waals surface area contributed by atoms with E-state index in [4.69, 9.17) is 4.42 Å². The van der Waals surface area contributed by atoms with E-state index in [-0.39, 0.29) is 0 Å². The molecule has 0 unspecified atom stereocenters. The molecular weight excluding hydrogens is 202 g/mol. The number of carbonyl (C=O) groups excluding carboxylic acids is 1. The van der Waals surface area contributed by atoms with Gasteiger partial charge in [-0.2, -0.15) is 0 Å². The van der Waals surface area contributed by atoms with E-state index >= 15 is 0 Å². The summed E-state index contributed by atoms with van der Waals surface area (Å²) in [5.41, 5.74) is 2.90. The summed E-state index contributed by atoms with van der Waals surface area (Å²) in [7, 11) is 2.00. The maximum Gasteiger partial charge on any atom is 0.150 e. The molecule has 0 aliphatic heterocycles. The van der Waals surface area contributed by atoms with E-state index < -0.39 is 0 Å². The van der Waals surface area contributed by atoms with Crippen LogP contribution in [0.1, 0.15) is 15.9 Å². The summed E-state index contributed by atoms with van der Waals surface area (Å²) in [4.78, 5) is 12.6. The number of hydrogen-bond donors (Lipinski definition) is 0. The second kappa shape index (κ2) is 4.66. The van der Waals surface area contributed by atoms with Gasteiger partial charge in [0, 0.05) is 30.4 Å².